The Morgan fingerprint density at radius 1 is 1.12 bits per heavy atom. The molecule has 0 aliphatic carbocycles. The number of fused-ring (bicyclic) bond motifs is 1. The number of thiazole rings is 1. The van der Waals surface area contributed by atoms with Crippen LogP contribution in [0.5, 0.6) is 0 Å². The fraction of sp³-hybridized carbons (Fsp3) is 0.0800. The maximum Gasteiger partial charge on any atom is 0.251 e. The van der Waals surface area contributed by atoms with E-state index in [0.717, 1.165) is 10.2 Å². The third kappa shape index (κ3) is 4.08. The van der Waals surface area contributed by atoms with Crippen molar-refractivity contribution in [1.82, 2.24) is 10.3 Å². The first-order chi connectivity index (χ1) is 16.0. The molecule has 0 saturated carbocycles. The summed E-state index contributed by atoms with van der Waals surface area (Å²) in [5.74, 6) is -0.370. The monoisotopic (exact) mass is 458 g/mol. The number of halogens is 1. The van der Waals surface area contributed by atoms with Crippen molar-refractivity contribution in [3.63, 3.8) is 0 Å². The molecule has 0 unspecified atom stereocenters. The number of benzene rings is 3. The summed E-state index contributed by atoms with van der Waals surface area (Å²) < 4.78 is 14.3. The fourth-order valence-corrected chi connectivity index (χ4v) is 4.76. The van der Waals surface area contributed by atoms with Crippen molar-refractivity contribution in [3.05, 3.63) is 101 Å². The van der Waals surface area contributed by atoms with Crippen LogP contribution in [0.25, 0.3) is 15.8 Å². The van der Waals surface area contributed by atoms with Gasteiger partial charge in [-0.1, -0.05) is 24.3 Å². The number of amidine groups is 1. The second-order valence-electron chi connectivity index (χ2n) is 7.60. The molecule has 8 heteroatoms. The lowest BCUT2D eigenvalue weighted by atomic mass is 10.1. The molecule has 1 aliphatic heterocycles. The van der Waals surface area contributed by atoms with Crippen molar-refractivity contribution in [2.45, 2.75) is 6.54 Å². The zero-order chi connectivity index (χ0) is 22.9. The van der Waals surface area contributed by atoms with Gasteiger partial charge in [0.15, 0.2) is 0 Å². The first-order valence-electron chi connectivity index (χ1n) is 10.3. The predicted molar refractivity (Wildman–Crippen MR) is 128 cm³/mol. The maximum atomic E-state index is 13.3. The Balaban J connectivity index is 1.29. The highest BCUT2D eigenvalue weighted by atomic mass is 32.1. The standard InChI is InChI=1S/C25H19FN4O2S/c26-17-5-3-4-15(12-17)13-28-24(32)16-8-10-18(11-9-16)30-14-20(31)22(23(30)27)25-29-19-6-1-2-7-21(19)33-25/h1-12,27,31H,13-14H2,(H,28,32). The molecule has 6 nitrogen and oxygen atoms in total. The lowest BCUT2D eigenvalue weighted by Gasteiger charge is -2.19. The Labute approximate surface area is 193 Å². The number of para-hydroxylation sites is 1. The number of hydrogen-bond acceptors (Lipinski definition) is 5. The van der Waals surface area contributed by atoms with Crippen molar-refractivity contribution in [2.24, 2.45) is 0 Å². The minimum Gasteiger partial charge on any atom is -0.510 e. The topological polar surface area (TPSA) is 89.3 Å². The molecular formula is C25H19FN4O2S. The number of carbonyl (C=O) groups excluding carboxylic acids is 1. The number of anilines is 1. The van der Waals surface area contributed by atoms with Crippen LogP contribution in [0.3, 0.4) is 0 Å². The molecular weight excluding hydrogens is 439 g/mol. The summed E-state index contributed by atoms with van der Waals surface area (Å²) in [6, 6.07) is 20.6. The molecule has 5 rings (SSSR count). The lowest BCUT2D eigenvalue weighted by Crippen LogP contribution is -2.26. The molecule has 0 fully saturated rings. The Morgan fingerprint density at radius 3 is 2.67 bits per heavy atom. The van der Waals surface area contributed by atoms with Crippen LogP contribution in [-0.2, 0) is 6.54 Å². The van der Waals surface area contributed by atoms with E-state index < -0.39 is 0 Å². The number of carbonyl (C=O) groups is 1. The van der Waals surface area contributed by atoms with Gasteiger partial charge in [0, 0.05) is 17.8 Å². The normalized spacial score (nSPS) is 13.7. The van der Waals surface area contributed by atoms with Gasteiger partial charge in [-0.3, -0.25) is 10.2 Å². The summed E-state index contributed by atoms with van der Waals surface area (Å²) >= 11 is 1.44. The largest absolute Gasteiger partial charge is 0.510 e. The number of nitrogens with zero attached hydrogens (tertiary/aromatic N) is 2. The van der Waals surface area contributed by atoms with Gasteiger partial charge >= 0.3 is 0 Å². The molecule has 33 heavy (non-hydrogen) atoms. The summed E-state index contributed by atoms with van der Waals surface area (Å²) in [5, 5.41) is 22.6. The summed E-state index contributed by atoms with van der Waals surface area (Å²) in [5.41, 5.74) is 3.06. The van der Waals surface area contributed by atoms with E-state index in [4.69, 9.17) is 5.41 Å². The van der Waals surface area contributed by atoms with Crippen molar-refractivity contribution >= 4 is 44.6 Å². The number of amides is 1. The number of nitrogens with one attached hydrogen (secondary N) is 2. The van der Waals surface area contributed by atoms with Gasteiger partial charge in [-0.2, -0.15) is 0 Å². The van der Waals surface area contributed by atoms with Gasteiger partial charge in [-0.05, 0) is 54.1 Å². The average Bonchev–Trinajstić information content (AvgIpc) is 3.37. The van der Waals surface area contributed by atoms with Crippen LogP contribution in [0.2, 0.25) is 0 Å². The van der Waals surface area contributed by atoms with E-state index >= 15 is 0 Å². The zero-order valence-electron chi connectivity index (χ0n) is 17.4. The molecule has 1 amide bonds. The number of aliphatic hydroxyl groups is 1. The molecule has 0 bridgehead atoms. The molecule has 164 valence electrons. The van der Waals surface area contributed by atoms with E-state index in [1.54, 1.807) is 41.3 Å². The van der Waals surface area contributed by atoms with E-state index in [1.165, 1.54) is 23.5 Å². The van der Waals surface area contributed by atoms with Crippen LogP contribution in [0, 0.1) is 11.2 Å². The van der Waals surface area contributed by atoms with Crippen LogP contribution in [0.15, 0.2) is 78.6 Å². The van der Waals surface area contributed by atoms with Crippen LogP contribution in [0.4, 0.5) is 10.1 Å². The summed E-state index contributed by atoms with van der Waals surface area (Å²) in [6.07, 6.45) is 0. The smallest absolute Gasteiger partial charge is 0.251 e. The van der Waals surface area contributed by atoms with E-state index in [2.05, 4.69) is 10.3 Å². The Bertz CT molecular complexity index is 1380. The Morgan fingerprint density at radius 2 is 1.91 bits per heavy atom. The highest BCUT2D eigenvalue weighted by molar-refractivity contribution is 7.19. The highest BCUT2D eigenvalue weighted by Gasteiger charge is 2.31. The molecule has 3 N–H and O–H groups in total. The van der Waals surface area contributed by atoms with E-state index in [-0.39, 0.29) is 36.4 Å². The highest BCUT2D eigenvalue weighted by Crippen LogP contribution is 2.35. The van der Waals surface area contributed by atoms with Crippen LogP contribution >= 0.6 is 11.3 Å². The summed E-state index contributed by atoms with van der Waals surface area (Å²) in [4.78, 5) is 18.7. The molecule has 3 aromatic carbocycles. The third-order valence-corrected chi connectivity index (χ3v) is 6.45. The quantitative estimate of drug-likeness (QED) is 0.387. The molecule has 1 aromatic heterocycles. The Kier molecular flexibility index (Phi) is 5.35. The molecule has 2 heterocycles. The first kappa shape index (κ1) is 20.8. The van der Waals surface area contributed by atoms with Gasteiger partial charge < -0.3 is 15.3 Å². The molecule has 0 saturated heterocycles. The lowest BCUT2D eigenvalue weighted by molar-refractivity contribution is 0.0951. The average molecular weight is 459 g/mol. The first-order valence-corrected chi connectivity index (χ1v) is 11.1. The number of aromatic nitrogens is 1. The van der Waals surface area contributed by atoms with E-state index in [0.29, 0.717) is 27.4 Å². The molecule has 1 aliphatic rings. The molecule has 0 atom stereocenters. The number of aliphatic hydroxyl groups excluding tert-OH is 1. The predicted octanol–water partition coefficient (Wildman–Crippen LogP) is 5.13. The molecule has 0 spiro atoms. The fourth-order valence-electron chi connectivity index (χ4n) is 3.73. The molecule has 4 aromatic rings. The van der Waals surface area contributed by atoms with Crippen LogP contribution in [0.1, 0.15) is 20.9 Å². The van der Waals surface area contributed by atoms with Crippen LogP contribution < -0.4 is 10.2 Å². The van der Waals surface area contributed by atoms with Gasteiger partial charge in [-0.15, -0.1) is 11.3 Å². The van der Waals surface area contributed by atoms with Crippen molar-refractivity contribution in [1.29, 1.82) is 5.41 Å². The van der Waals surface area contributed by atoms with Crippen molar-refractivity contribution in [2.75, 3.05) is 11.4 Å². The van der Waals surface area contributed by atoms with E-state index in [9.17, 15) is 14.3 Å². The minimum absolute atomic E-state index is 0.0935. The maximum absolute atomic E-state index is 13.3. The SMILES string of the molecule is N=C1C(c2nc3ccccc3s2)=C(O)CN1c1ccc(C(=O)NCc2cccc(F)c2)cc1. The zero-order valence-corrected chi connectivity index (χ0v) is 18.2. The second-order valence-corrected chi connectivity index (χ2v) is 8.63. The second kappa shape index (κ2) is 8.48. The molecule has 0 radical (unpaired) electrons. The van der Waals surface area contributed by atoms with Crippen LogP contribution in [-0.4, -0.2) is 28.4 Å². The summed E-state index contributed by atoms with van der Waals surface area (Å²) in [6.45, 7) is 0.383. The Hall–Kier alpha value is -4.04. The van der Waals surface area contributed by atoms with Gasteiger partial charge in [0.05, 0.1) is 22.3 Å². The van der Waals surface area contributed by atoms with Gasteiger partial charge in [0.2, 0.25) is 0 Å². The van der Waals surface area contributed by atoms with E-state index in [1.807, 2.05) is 24.3 Å². The van der Waals surface area contributed by atoms with Gasteiger partial charge in [0.1, 0.15) is 22.4 Å². The van der Waals surface area contributed by atoms with Crippen molar-refractivity contribution < 1.29 is 14.3 Å². The van der Waals surface area contributed by atoms with Gasteiger partial charge in [0.25, 0.3) is 5.91 Å². The van der Waals surface area contributed by atoms with Crippen molar-refractivity contribution in [3.8, 4) is 0 Å². The summed E-state index contributed by atoms with van der Waals surface area (Å²) in [7, 11) is 0. The number of rotatable bonds is 5. The minimum atomic E-state index is -0.346. The number of hydrogen-bond donors (Lipinski definition) is 3. The van der Waals surface area contributed by atoms with Gasteiger partial charge in [-0.25, -0.2) is 9.37 Å². The third-order valence-electron chi connectivity index (χ3n) is 5.39.